The molecule has 0 radical (unpaired) electrons. The van der Waals surface area contributed by atoms with Crippen LogP contribution in [-0.2, 0) is 36.3 Å². The molecule has 2 heterocycles. The molecule has 0 aliphatic rings. The first-order valence-electron chi connectivity index (χ1n) is 11.8. The Morgan fingerprint density at radius 2 is 1.21 bits per heavy atom. The van der Waals surface area contributed by atoms with E-state index in [0.717, 1.165) is 23.8 Å². The fraction of sp³-hybridized carbons (Fsp3) is 0.357. The summed E-state index contributed by atoms with van der Waals surface area (Å²) in [4.78, 5) is 8.44. The second-order valence-corrected chi connectivity index (χ2v) is 12.0. The Balaban J connectivity index is 0.000000403. The summed E-state index contributed by atoms with van der Waals surface area (Å²) in [5.74, 6) is 1.39. The first-order valence-corrected chi connectivity index (χ1v) is 14.5. The number of aromatic nitrogens is 4. The maximum atomic E-state index is 12.8. The van der Waals surface area contributed by atoms with Crippen molar-refractivity contribution in [3.63, 3.8) is 0 Å². The summed E-state index contributed by atoms with van der Waals surface area (Å²) in [7, 11) is -0.347. The van der Waals surface area contributed by atoms with E-state index in [9.17, 15) is 34.8 Å². The molecule has 2 aromatic carbocycles. The van der Waals surface area contributed by atoms with E-state index in [2.05, 4.69) is 9.97 Å². The summed E-state index contributed by atoms with van der Waals surface area (Å²) in [6.45, 7) is 3.30. The van der Waals surface area contributed by atoms with Crippen molar-refractivity contribution < 1.29 is 34.8 Å². The molecular weight excluding hydrogens is 602 g/mol. The average Bonchev–Trinajstić information content (AvgIpc) is 3.51. The number of hydrogen-bond donors (Lipinski definition) is 0. The van der Waals surface area contributed by atoms with Crippen molar-refractivity contribution in [1.29, 1.82) is 0 Å². The van der Waals surface area contributed by atoms with Crippen LogP contribution >= 0.6 is 11.8 Å². The van der Waals surface area contributed by atoms with Gasteiger partial charge in [0.15, 0.2) is 9.84 Å². The van der Waals surface area contributed by atoms with Crippen molar-refractivity contribution >= 4 is 21.6 Å². The van der Waals surface area contributed by atoms with E-state index in [-0.39, 0.29) is 31.1 Å². The van der Waals surface area contributed by atoms with Crippen molar-refractivity contribution in [3.8, 4) is 22.8 Å². The molecule has 0 N–H and O–H groups in total. The van der Waals surface area contributed by atoms with Gasteiger partial charge in [0.05, 0.1) is 21.8 Å². The predicted molar refractivity (Wildman–Crippen MR) is 155 cm³/mol. The Labute approximate surface area is 246 Å². The van der Waals surface area contributed by atoms with Crippen LogP contribution in [0.2, 0.25) is 0 Å². The summed E-state index contributed by atoms with van der Waals surface area (Å²) < 4.78 is 104. The summed E-state index contributed by atoms with van der Waals surface area (Å²) in [6.07, 6.45) is -2.47. The highest BCUT2D eigenvalue weighted by Gasteiger charge is 2.33. The lowest BCUT2D eigenvalue weighted by Gasteiger charge is -2.13. The van der Waals surface area contributed by atoms with Crippen molar-refractivity contribution in [2.45, 2.75) is 50.8 Å². The minimum atomic E-state index is -4.60. The molecule has 0 saturated carbocycles. The van der Waals surface area contributed by atoms with E-state index in [1.807, 2.05) is 14.0 Å². The van der Waals surface area contributed by atoms with Crippen LogP contribution in [0.15, 0.2) is 71.0 Å². The van der Waals surface area contributed by atoms with Gasteiger partial charge >= 0.3 is 12.4 Å². The van der Waals surface area contributed by atoms with Gasteiger partial charge in [-0.15, -0.1) is 11.8 Å². The summed E-state index contributed by atoms with van der Waals surface area (Å²) in [5.41, 5.74) is -0.724. The SMILES string of the molecule is C.C.CCS(=O)(=O)c1cc(C(F)(F)F)ccc1-c1nccn1C.CCSc1cc(C(F)(F)F)ccc1-c1nccn1C. The number of rotatable bonds is 6. The van der Waals surface area contributed by atoms with Gasteiger partial charge in [-0.1, -0.05) is 28.7 Å². The van der Waals surface area contributed by atoms with Crippen LogP contribution in [0.25, 0.3) is 22.8 Å². The Morgan fingerprint density at radius 3 is 1.62 bits per heavy atom. The third-order valence-electron chi connectivity index (χ3n) is 5.76. The summed E-state index contributed by atoms with van der Waals surface area (Å²) in [6, 6.07) is 6.46. The van der Waals surface area contributed by atoms with Gasteiger partial charge in [0.1, 0.15) is 11.6 Å². The molecule has 0 saturated heterocycles. The number of benzene rings is 2. The highest BCUT2D eigenvalue weighted by molar-refractivity contribution is 7.99. The molecule has 0 bridgehead atoms. The molecule has 42 heavy (non-hydrogen) atoms. The minimum absolute atomic E-state index is 0. The predicted octanol–water partition coefficient (Wildman–Crippen LogP) is 8.39. The van der Waals surface area contributed by atoms with Crippen molar-refractivity contribution in [3.05, 3.63) is 72.3 Å². The Morgan fingerprint density at radius 1 is 0.762 bits per heavy atom. The smallest absolute Gasteiger partial charge is 0.334 e. The van der Waals surface area contributed by atoms with Crippen molar-refractivity contribution in [2.75, 3.05) is 11.5 Å². The Kier molecular flexibility index (Phi) is 12.5. The monoisotopic (exact) mass is 636 g/mol. The van der Waals surface area contributed by atoms with Gasteiger partial charge in [-0.3, -0.25) is 0 Å². The first kappa shape index (κ1) is 36.8. The summed E-state index contributed by atoms with van der Waals surface area (Å²) >= 11 is 1.39. The average molecular weight is 637 g/mol. The molecule has 6 nitrogen and oxygen atoms in total. The summed E-state index contributed by atoms with van der Waals surface area (Å²) in [5, 5.41) is 0. The lowest BCUT2D eigenvalue weighted by atomic mass is 10.1. The fourth-order valence-corrected chi connectivity index (χ4v) is 5.65. The lowest BCUT2D eigenvalue weighted by molar-refractivity contribution is -0.138. The largest absolute Gasteiger partial charge is 0.416 e. The maximum Gasteiger partial charge on any atom is 0.416 e. The van der Waals surface area contributed by atoms with Gasteiger partial charge in [-0.2, -0.15) is 26.3 Å². The third kappa shape index (κ3) is 8.40. The topological polar surface area (TPSA) is 69.8 Å². The van der Waals surface area contributed by atoms with Gasteiger partial charge in [0.25, 0.3) is 0 Å². The maximum absolute atomic E-state index is 12.8. The zero-order valence-corrected chi connectivity index (χ0v) is 23.5. The van der Waals surface area contributed by atoms with E-state index in [4.69, 9.17) is 0 Å². The van der Waals surface area contributed by atoms with Crippen LogP contribution in [0.4, 0.5) is 26.3 Å². The highest BCUT2D eigenvalue weighted by Crippen LogP contribution is 2.37. The Hall–Kier alpha value is -3.26. The molecule has 0 atom stereocenters. The number of aryl methyl sites for hydroxylation is 2. The normalized spacial score (nSPS) is 11.7. The second kappa shape index (κ2) is 14.3. The quantitative estimate of drug-likeness (QED) is 0.157. The van der Waals surface area contributed by atoms with Crippen molar-refractivity contribution in [2.24, 2.45) is 14.1 Å². The minimum Gasteiger partial charge on any atom is -0.334 e. The van der Waals surface area contributed by atoms with Gasteiger partial charge in [0, 0.05) is 54.9 Å². The molecular formula is C28H34F6N4O2S2. The van der Waals surface area contributed by atoms with Gasteiger partial charge in [-0.05, 0) is 42.2 Å². The zero-order valence-electron chi connectivity index (χ0n) is 21.9. The van der Waals surface area contributed by atoms with Crippen LogP contribution < -0.4 is 0 Å². The zero-order chi connectivity index (χ0) is 29.9. The fourth-order valence-electron chi connectivity index (χ4n) is 3.70. The first-order chi connectivity index (χ1) is 18.6. The van der Waals surface area contributed by atoms with Crippen LogP contribution in [0.5, 0.6) is 0 Å². The van der Waals surface area contributed by atoms with Crippen LogP contribution in [-0.4, -0.2) is 39.0 Å². The van der Waals surface area contributed by atoms with Crippen molar-refractivity contribution in [1.82, 2.24) is 19.1 Å². The molecule has 0 aliphatic heterocycles. The van der Waals surface area contributed by atoms with Gasteiger partial charge in [-0.25, -0.2) is 18.4 Å². The molecule has 0 spiro atoms. The number of alkyl halides is 6. The number of sulfone groups is 1. The second-order valence-electron chi connectivity index (χ2n) is 8.48. The van der Waals surface area contributed by atoms with E-state index in [0.29, 0.717) is 28.4 Å². The van der Waals surface area contributed by atoms with E-state index >= 15 is 0 Å². The molecule has 4 aromatic rings. The number of nitrogens with zero attached hydrogens (tertiary/aromatic N) is 4. The number of imidazole rings is 2. The molecule has 0 amide bonds. The number of thioether (sulfide) groups is 1. The third-order valence-corrected chi connectivity index (χ3v) is 8.46. The molecule has 4 rings (SSSR count). The molecule has 0 aliphatic carbocycles. The number of halogens is 6. The van der Waals surface area contributed by atoms with Crippen LogP contribution in [0.1, 0.15) is 39.8 Å². The molecule has 0 unspecified atom stereocenters. The highest BCUT2D eigenvalue weighted by atomic mass is 32.2. The van der Waals surface area contributed by atoms with Crippen LogP contribution in [0.3, 0.4) is 0 Å². The Bertz CT molecular complexity index is 1580. The lowest BCUT2D eigenvalue weighted by Crippen LogP contribution is -2.11. The van der Waals surface area contributed by atoms with E-state index < -0.39 is 33.3 Å². The standard InChI is InChI=1S/C13H13F3N2O2S.C13H13F3N2S.2CH4/c1-3-21(19,20)11-8-9(13(14,15)16)4-5-10(11)12-17-6-7-18(12)2;1-3-19-11-8-9(13(14,15)16)4-5-10(11)12-17-6-7-18(12)2;;/h4-8H,3H2,1-2H3;4-8H,3H2,1-2H3;2*1H4. The molecule has 2 aromatic heterocycles. The van der Waals surface area contributed by atoms with E-state index in [1.54, 1.807) is 34.8 Å². The van der Waals surface area contributed by atoms with Gasteiger partial charge < -0.3 is 9.13 Å². The van der Waals surface area contributed by atoms with Gasteiger partial charge in [0.2, 0.25) is 0 Å². The molecule has 14 heteroatoms. The molecule has 232 valence electrons. The van der Waals surface area contributed by atoms with E-state index in [1.165, 1.54) is 37.0 Å². The van der Waals surface area contributed by atoms with Crippen LogP contribution in [0, 0.1) is 0 Å². The molecule has 0 fully saturated rings. The number of hydrogen-bond acceptors (Lipinski definition) is 5.